The van der Waals surface area contributed by atoms with Gasteiger partial charge in [0.2, 0.25) is 5.91 Å². The molecule has 0 aromatic carbocycles. The van der Waals surface area contributed by atoms with Gasteiger partial charge in [0.25, 0.3) is 0 Å². The molecule has 1 unspecified atom stereocenters. The molecule has 0 aromatic rings. The van der Waals surface area contributed by atoms with Gasteiger partial charge in [0.05, 0.1) is 0 Å². The highest BCUT2D eigenvalue weighted by molar-refractivity contribution is 5.75. The lowest BCUT2D eigenvalue weighted by atomic mass is 10.1. The van der Waals surface area contributed by atoms with Crippen molar-refractivity contribution in [1.82, 2.24) is 5.32 Å². The van der Waals surface area contributed by atoms with Crippen molar-refractivity contribution < 1.29 is 4.79 Å². The molecule has 1 amide bonds. The summed E-state index contributed by atoms with van der Waals surface area (Å²) in [5.74, 6) is 0.848. The summed E-state index contributed by atoms with van der Waals surface area (Å²) in [6.07, 6.45) is 10.5. The molecule has 1 saturated carbocycles. The Morgan fingerprint density at radius 2 is 1.88 bits per heavy atom. The Hall–Kier alpha value is -0.570. The minimum atomic E-state index is 0.177. The van der Waals surface area contributed by atoms with Crippen LogP contribution in [0.2, 0.25) is 0 Å². The van der Waals surface area contributed by atoms with Crippen LogP contribution in [0.15, 0.2) is 0 Å². The minimum Gasteiger partial charge on any atom is -0.355 e. The van der Waals surface area contributed by atoms with Crippen molar-refractivity contribution in [1.29, 1.82) is 0 Å². The van der Waals surface area contributed by atoms with Crippen LogP contribution in [0.3, 0.4) is 0 Å². The molecule has 0 bridgehead atoms. The van der Waals surface area contributed by atoms with Gasteiger partial charge in [0, 0.05) is 19.0 Å². The molecule has 0 aliphatic heterocycles. The van der Waals surface area contributed by atoms with Crippen molar-refractivity contribution in [2.24, 2.45) is 11.7 Å². The smallest absolute Gasteiger partial charge is 0.220 e. The molecule has 0 spiro atoms. The molecule has 1 fully saturated rings. The zero-order valence-electron chi connectivity index (χ0n) is 11.2. The van der Waals surface area contributed by atoms with Crippen LogP contribution in [-0.4, -0.2) is 18.5 Å². The first-order valence-electron chi connectivity index (χ1n) is 7.26. The summed E-state index contributed by atoms with van der Waals surface area (Å²) in [5, 5.41) is 2.94. The van der Waals surface area contributed by atoms with E-state index >= 15 is 0 Å². The van der Waals surface area contributed by atoms with E-state index in [1.165, 1.54) is 44.9 Å². The number of carbonyl (C=O) groups is 1. The maximum atomic E-state index is 11.5. The summed E-state index contributed by atoms with van der Waals surface area (Å²) < 4.78 is 0. The number of hydrogen-bond acceptors (Lipinski definition) is 2. The summed E-state index contributed by atoms with van der Waals surface area (Å²) in [7, 11) is 0. The summed E-state index contributed by atoms with van der Waals surface area (Å²) in [6.45, 7) is 2.88. The highest BCUT2D eigenvalue weighted by Crippen LogP contribution is 2.31. The number of nitrogens with two attached hydrogens (primary N) is 1. The Labute approximate surface area is 106 Å². The molecule has 3 nitrogen and oxygen atoms in total. The van der Waals surface area contributed by atoms with E-state index in [0.29, 0.717) is 18.9 Å². The van der Waals surface area contributed by atoms with Crippen LogP contribution in [0.4, 0.5) is 0 Å². The maximum Gasteiger partial charge on any atom is 0.220 e. The molecular formula is C14H28N2O. The van der Waals surface area contributed by atoms with E-state index in [9.17, 15) is 4.79 Å². The zero-order valence-corrected chi connectivity index (χ0v) is 11.2. The Balaban J connectivity index is 1.86. The molecule has 0 aromatic heterocycles. The quantitative estimate of drug-likeness (QED) is 0.577. The normalized spacial score (nSPS) is 16.8. The average molecular weight is 240 g/mol. The molecule has 0 saturated heterocycles. The van der Waals surface area contributed by atoms with Crippen molar-refractivity contribution in [3.8, 4) is 0 Å². The summed E-state index contributed by atoms with van der Waals surface area (Å²) in [5.41, 5.74) is 5.92. The van der Waals surface area contributed by atoms with Gasteiger partial charge in [-0.15, -0.1) is 0 Å². The van der Waals surface area contributed by atoms with Gasteiger partial charge >= 0.3 is 0 Å². The number of nitrogens with one attached hydrogen (secondary N) is 1. The van der Waals surface area contributed by atoms with E-state index in [4.69, 9.17) is 5.73 Å². The van der Waals surface area contributed by atoms with Crippen molar-refractivity contribution in [3.63, 3.8) is 0 Å². The van der Waals surface area contributed by atoms with Crippen LogP contribution in [0.25, 0.3) is 0 Å². The number of carbonyl (C=O) groups excluding carboxylic acids is 1. The number of rotatable bonds is 10. The molecular weight excluding hydrogens is 212 g/mol. The van der Waals surface area contributed by atoms with E-state index in [2.05, 4.69) is 12.2 Å². The molecule has 100 valence electrons. The van der Waals surface area contributed by atoms with E-state index < -0.39 is 0 Å². The molecule has 3 N–H and O–H groups in total. The van der Waals surface area contributed by atoms with Crippen LogP contribution < -0.4 is 11.1 Å². The Kier molecular flexibility index (Phi) is 7.25. The van der Waals surface area contributed by atoms with Crippen LogP contribution in [0, 0.1) is 5.92 Å². The highest BCUT2D eigenvalue weighted by Gasteiger charge is 2.28. The SMILES string of the molecule is CCCCCCCCC(=O)NCC(N)C1CC1. The topological polar surface area (TPSA) is 55.1 Å². The molecule has 0 heterocycles. The predicted octanol–water partition coefficient (Wildman–Crippen LogP) is 2.59. The second kappa shape index (κ2) is 8.51. The van der Waals surface area contributed by atoms with Gasteiger partial charge in [-0.1, -0.05) is 39.0 Å². The van der Waals surface area contributed by atoms with E-state index in [0.717, 1.165) is 6.42 Å². The number of hydrogen-bond donors (Lipinski definition) is 2. The third-order valence-corrected chi connectivity index (χ3v) is 3.52. The Morgan fingerprint density at radius 1 is 1.24 bits per heavy atom. The van der Waals surface area contributed by atoms with Gasteiger partial charge in [-0.25, -0.2) is 0 Å². The fourth-order valence-electron chi connectivity index (χ4n) is 2.08. The molecule has 1 aliphatic carbocycles. The van der Waals surface area contributed by atoms with Crippen LogP contribution >= 0.6 is 0 Å². The number of amides is 1. The van der Waals surface area contributed by atoms with Crippen molar-refractivity contribution in [2.45, 2.75) is 70.8 Å². The molecule has 1 atom stereocenters. The first-order chi connectivity index (χ1) is 8.24. The lowest BCUT2D eigenvalue weighted by Gasteiger charge is -2.11. The largest absolute Gasteiger partial charge is 0.355 e. The molecule has 1 rings (SSSR count). The second-order valence-corrected chi connectivity index (χ2v) is 5.32. The van der Waals surface area contributed by atoms with Crippen LogP contribution in [-0.2, 0) is 4.79 Å². The van der Waals surface area contributed by atoms with Gasteiger partial charge in [0.1, 0.15) is 0 Å². The maximum absolute atomic E-state index is 11.5. The van der Waals surface area contributed by atoms with Gasteiger partial charge in [-0.3, -0.25) is 4.79 Å². The van der Waals surface area contributed by atoms with E-state index in [1.54, 1.807) is 0 Å². The van der Waals surface area contributed by atoms with E-state index in [-0.39, 0.29) is 11.9 Å². The van der Waals surface area contributed by atoms with Crippen molar-refractivity contribution in [3.05, 3.63) is 0 Å². The minimum absolute atomic E-state index is 0.177. The van der Waals surface area contributed by atoms with Gasteiger partial charge in [-0.05, 0) is 25.2 Å². The fraction of sp³-hybridized carbons (Fsp3) is 0.929. The molecule has 1 aliphatic rings. The molecule has 17 heavy (non-hydrogen) atoms. The lowest BCUT2D eigenvalue weighted by molar-refractivity contribution is -0.121. The lowest BCUT2D eigenvalue weighted by Crippen LogP contribution is -2.38. The number of unbranched alkanes of at least 4 members (excludes halogenated alkanes) is 5. The van der Waals surface area contributed by atoms with Crippen molar-refractivity contribution >= 4 is 5.91 Å². The second-order valence-electron chi connectivity index (χ2n) is 5.32. The molecule has 3 heteroatoms. The molecule has 0 radical (unpaired) electrons. The van der Waals surface area contributed by atoms with Crippen LogP contribution in [0.5, 0.6) is 0 Å². The third kappa shape index (κ3) is 7.37. The van der Waals surface area contributed by atoms with Gasteiger partial charge < -0.3 is 11.1 Å². The summed E-state index contributed by atoms with van der Waals surface area (Å²) in [4.78, 5) is 11.5. The van der Waals surface area contributed by atoms with E-state index in [1.807, 2.05) is 0 Å². The first-order valence-corrected chi connectivity index (χ1v) is 7.26. The summed E-state index contributed by atoms with van der Waals surface area (Å²) >= 11 is 0. The highest BCUT2D eigenvalue weighted by atomic mass is 16.1. The fourth-order valence-corrected chi connectivity index (χ4v) is 2.08. The zero-order chi connectivity index (χ0) is 12.5. The first kappa shape index (κ1) is 14.5. The van der Waals surface area contributed by atoms with Crippen LogP contribution in [0.1, 0.15) is 64.7 Å². The van der Waals surface area contributed by atoms with Crippen molar-refractivity contribution in [2.75, 3.05) is 6.54 Å². The summed E-state index contributed by atoms with van der Waals surface area (Å²) in [6, 6.07) is 0.184. The van der Waals surface area contributed by atoms with Gasteiger partial charge in [0.15, 0.2) is 0 Å². The van der Waals surface area contributed by atoms with Gasteiger partial charge in [-0.2, -0.15) is 0 Å². The standard InChI is InChI=1S/C14H28N2O/c1-2-3-4-5-6-7-8-14(17)16-11-13(15)12-9-10-12/h12-13H,2-11,15H2,1H3,(H,16,17). The Bertz CT molecular complexity index is 214. The predicted molar refractivity (Wildman–Crippen MR) is 71.7 cm³/mol. The third-order valence-electron chi connectivity index (χ3n) is 3.52. The average Bonchev–Trinajstić information content (AvgIpc) is 3.14. The monoisotopic (exact) mass is 240 g/mol. The Morgan fingerprint density at radius 3 is 2.53 bits per heavy atom.